The summed E-state index contributed by atoms with van der Waals surface area (Å²) in [5.41, 5.74) is 0.267. The van der Waals surface area contributed by atoms with Crippen molar-refractivity contribution < 1.29 is 4.79 Å². The van der Waals surface area contributed by atoms with Crippen LogP contribution in [0, 0.1) is 0 Å². The second-order valence-electron chi connectivity index (χ2n) is 4.26. The highest BCUT2D eigenvalue weighted by Crippen LogP contribution is 2.25. The van der Waals surface area contributed by atoms with Gasteiger partial charge >= 0.3 is 0 Å². The molecule has 2 rings (SSSR count). The lowest BCUT2D eigenvalue weighted by Gasteiger charge is -2.18. The van der Waals surface area contributed by atoms with Gasteiger partial charge in [-0.1, -0.05) is 23.2 Å². The Morgan fingerprint density at radius 1 is 1.32 bits per heavy atom. The van der Waals surface area contributed by atoms with Crippen molar-refractivity contribution in [2.75, 3.05) is 38.0 Å². The number of halogens is 2. The van der Waals surface area contributed by atoms with E-state index in [1.54, 1.807) is 0 Å². The van der Waals surface area contributed by atoms with Gasteiger partial charge in [0, 0.05) is 13.1 Å². The normalized spacial score (nSPS) is 16.9. The molecule has 2 N–H and O–H groups in total. The number of amides is 1. The summed E-state index contributed by atoms with van der Waals surface area (Å²) in [5.74, 6) is -0.166. The van der Waals surface area contributed by atoms with E-state index in [1.165, 1.54) is 6.33 Å². The van der Waals surface area contributed by atoms with Crippen LogP contribution in [0.3, 0.4) is 0 Å². The van der Waals surface area contributed by atoms with Crippen molar-refractivity contribution in [2.45, 2.75) is 6.42 Å². The summed E-state index contributed by atoms with van der Waals surface area (Å²) in [4.78, 5) is 21.6. The van der Waals surface area contributed by atoms with Crippen LogP contribution in [0.5, 0.6) is 0 Å². The molecule has 0 atom stereocenters. The standard InChI is InChI=1S/C11H15Cl2N5O/c12-10-9(11(13)16-7-15-10)17-8(19)6-18-4-1-2-14-3-5-18/h7,14H,1-6H2,(H,17,19). The van der Waals surface area contributed by atoms with Crippen LogP contribution < -0.4 is 10.6 Å². The van der Waals surface area contributed by atoms with Crippen molar-refractivity contribution in [1.82, 2.24) is 20.2 Å². The maximum Gasteiger partial charge on any atom is 0.238 e. The van der Waals surface area contributed by atoms with Crippen LogP contribution >= 0.6 is 23.2 Å². The molecule has 0 saturated carbocycles. The molecule has 0 aromatic carbocycles. The molecule has 104 valence electrons. The van der Waals surface area contributed by atoms with E-state index in [0.29, 0.717) is 6.54 Å². The van der Waals surface area contributed by atoms with Gasteiger partial charge in [-0.3, -0.25) is 9.69 Å². The average molecular weight is 304 g/mol. The second kappa shape index (κ2) is 7.00. The van der Waals surface area contributed by atoms with Crippen LogP contribution in [0.25, 0.3) is 0 Å². The van der Waals surface area contributed by atoms with E-state index in [4.69, 9.17) is 23.2 Å². The molecule has 0 spiro atoms. The van der Waals surface area contributed by atoms with Gasteiger partial charge in [0.25, 0.3) is 0 Å². The molecule has 1 aliphatic rings. The quantitative estimate of drug-likeness (QED) is 0.816. The lowest BCUT2D eigenvalue weighted by Crippen LogP contribution is -2.35. The second-order valence-corrected chi connectivity index (χ2v) is 4.97. The maximum atomic E-state index is 12.0. The van der Waals surface area contributed by atoms with Gasteiger partial charge < -0.3 is 10.6 Å². The Morgan fingerprint density at radius 3 is 2.79 bits per heavy atom. The van der Waals surface area contributed by atoms with Gasteiger partial charge in [0.15, 0.2) is 10.3 Å². The first-order valence-corrected chi connectivity index (χ1v) is 6.81. The first kappa shape index (κ1) is 14.5. The molecule has 1 aromatic heterocycles. The predicted molar refractivity (Wildman–Crippen MR) is 74.6 cm³/mol. The molecule has 1 saturated heterocycles. The summed E-state index contributed by atoms with van der Waals surface area (Å²) in [6, 6.07) is 0. The van der Waals surface area contributed by atoms with E-state index >= 15 is 0 Å². The lowest BCUT2D eigenvalue weighted by molar-refractivity contribution is -0.117. The van der Waals surface area contributed by atoms with E-state index in [-0.39, 0.29) is 21.9 Å². The third kappa shape index (κ3) is 4.28. The highest BCUT2D eigenvalue weighted by molar-refractivity contribution is 6.38. The summed E-state index contributed by atoms with van der Waals surface area (Å²) in [7, 11) is 0. The molecule has 6 nitrogen and oxygen atoms in total. The molecule has 0 bridgehead atoms. The van der Waals surface area contributed by atoms with Crippen molar-refractivity contribution >= 4 is 34.8 Å². The van der Waals surface area contributed by atoms with Crippen molar-refractivity contribution in [3.8, 4) is 0 Å². The first-order chi connectivity index (χ1) is 9.16. The number of hydrogen-bond acceptors (Lipinski definition) is 5. The number of rotatable bonds is 3. The SMILES string of the molecule is O=C(CN1CCCNCC1)Nc1c(Cl)ncnc1Cl. The maximum absolute atomic E-state index is 12.0. The Kier molecular flexibility index (Phi) is 5.33. The number of hydrogen-bond donors (Lipinski definition) is 2. The smallest absolute Gasteiger partial charge is 0.238 e. The largest absolute Gasteiger partial charge is 0.320 e. The molecular weight excluding hydrogens is 289 g/mol. The summed E-state index contributed by atoms with van der Waals surface area (Å²) in [6.45, 7) is 3.93. The number of anilines is 1. The van der Waals surface area contributed by atoms with E-state index < -0.39 is 0 Å². The topological polar surface area (TPSA) is 70.2 Å². The fourth-order valence-electron chi connectivity index (χ4n) is 1.89. The minimum Gasteiger partial charge on any atom is -0.320 e. The Morgan fingerprint density at radius 2 is 2.05 bits per heavy atom. The van der Waals surface area contributed by atoms with Crippen LogP contribution in [0.15, 0.2) is 6.33 Å². The molecular formula is C11H15Cl2N5O. The lowest BCUT2D eigenvalue weighted by atomic mass is 10.3. The van der Waals surface area contributed by atoms with Gasteiger partial charge in [-0.05, 0) is 19.5 Å². The molecule has 19 heavy (non-hydrogen) atoms. The molecule has 0 unspecified atom stereocenters. The monoisotopic (exact) mass is 303 g/mol. The zero-order valence-electron chi connectivity index (χ0n) is 10.3. The Hall–Kier alpha value is -0.950. The molecule has 2 heterocycles. The third-order valence-corrected chi connectivity index (χ3v) is 3.39. The Balaban J connectivity index is 1.93. The summed E-state index contributed by atoms with van der Waals surface area (Å²) in [6.07, 6.45) is 2.28. The zero-order valence-corrected chi connectivity index (χ0v) is 11.8. The molecule has 1 amide bonds. The summed E-state index contributed by atoms with van der Waals surface area (Å²) >= 11 is 11.7. The van der Waals surface area contributed by atoms with Crippen molar-refractivity contribution in [1.29, 1.82) is 0 Å². The molecule has 1 aromatic rings. The fourth-order valence-corrected chi connectivity index (χ4v) is 2.30. The van der Waals surface area contributed by atoms with Gasteiger partial charge in [0.05, 0.1) is 6.54 Å². The number of aromatic nitrogens is 2. The molecule has 1 aliphatic heterocycles. The van der Waals surface area contributed by atoms with Gasteiger partial charge in [0.1, 0.15) is 12.0 Å². The van der Waals surface area contributed by atoms with E-state index in [1.807, 2.05) is 0 Å². The van der Waals surface area contributed by atoms with Crippen molar-refractivity contribution in [3.05, 3.63) is 16.6 Å². The number of carbonyl (C=O) groups excluding carboxylic acids is 1. The molecule has 8 heteroatoms. The zero-order chi connectivity index (χ0) is 13.7. The van der Waals surface area contributed by atoms with Crippen molar-refractivity contribution in [3.63, 3.8) is 0 Å². The van der Waals surface area contributed by atoms with Gasteiger partial charge in [-0.25, -0.2) is 9.97 Å². The summed E-state index contributed by atoms with van der Waals surface area (Å²) in [5, 5.41) is 6.23. The van der Waals surface area contributed by atoms with E-state index in [9.17, 15) is 4.79 Å². The average Bonchev–Trinajstić information content (AvgIpc) is 2.63. The van der Waals surface area contributed by atoms with Crippen LogP contribution in [-0.4, -0.2) is 53.5 Å². The minimum absolute atomic E-state index is 0.144. The number of carbonyl (C=O) groups is 1. The molecule has 0 aliphatic carbocycles. The van der Waals surface area contributed by atoms with E-state index in [0.717, 1.165) is 32.6 Å². The fraction of sp³-hybridized carbons (Fsp3) is 0.545. The molecule has 0 radical (unpaired) electrons. The van der Waals surface area contributed by atoms with Crippen LogP contribution in [-0.2, 0) is 4.79 Å². The third-order valence-electron chi connectivity index (χ3n) is 2.82. The molecule has 1 fully saturated rings. The van der Waals surface area contributed by atoms with Gasteiger partial charge in [-0.15, -0.1) is 0 Å². The van der Waals surface area contributed by atoms with Crippen LogP contribution in [0.2, 0.25) is 10.3 Å². The highest BCUT2D eigenvalue weighted by Gasteiger charge is 2.15. The Bertz CT molecular complexity index is 428. The van der Waals surface area contributed by atoms with Gasteiger partial charge in [0.2, 0.25) is 5.91 Å². The summed E-state index contributed by atoms with van der Waals surface area (Å²) < 4.78 is 0. The number of nitrogens with one attached hydrogen (secondary N) is 2. The highest BCUT2D eigenvalue weighted by atomic mass is 35.5. The van der Waals surface area contributed by atoms with E-state index in [2.05, 4.69) is 25.5 Å². The predicted octanol–water partition coefficient (Wildman–Crippen LogP) is 1.02. The van der Waals surface area contributed by atoms with Crippen molar-refractivity contribution in [2.24, 2.45) is 0 Å². The minimum atomic E-state index is -0.166. The Labute approximate surface area is 121 Å². The first-order valence-electron chi connectivity index (χ1n) is 6.06. The number of nitrogens with zero attached hydrogens (tertiary/aromatic N) is 3. The van der Waals surface area contributed by atoms with Crippen LogP contribution in [0.4, 0.5) is 5.69 Å². The van der Waals surface area contributed by atoms with Gasteiger partial charge in [-0.2, -0.15) is 0 Å². The van der Waals surface area contributed by atoms with Crippen LogP contribution in [0.1, 0.15) is 6.42 Å².